The van der Waals surface area contributed by atoms with Gasteiger partial charge in [-0.05, 0) is 12.1 Å². The second-order valence-electron chi connectivity index (χ2n) is 3.65. The van der Waals surface area contributed by atoms with Gasteiger partial charge in [-0.15, -0.1) is 10.2 Å². The normalized spacial score (nSPS) is 11.0. The number of amides is 1. The highest BCUT2D eigenvalue weighted by molar-refractivity contribution is 8.01. The van der Waals surface area contributed by atoms with Crippen LogP contribution >= 0.6 is 46.3 Å². The molecule has 1 aromatic carbocycles. The van der Waals surface area contributed by atoms with Crippen LogP contribution in [0.25, 0.3) is 0 Å². The number of nitrogens with two attached hydrogens (primary N) is 1. The first-order valence-corrected chi connectivity index (χ1v) is 8.09. The van der Waals surface area contributed by atoms with E-state index in [2.05, 4.69) is 20.7 Å². The molecule has 1 heterocycles. The van der Waals surface area contributed by atoms with Crippen molar-refractivity contribution in [3.05, 3.63) is 33.8 Å². The summed E-state index contributed by atoms with van der Waals surface area (Å²) in [5.74, 6) is -0.101. The molecule has 0 saturated carbocycles. The summed E-state index contributed by atoms with van der Waals surface area (Å²) in [4.78, 5) is 11.6. The van der Waals surface area contributed by atoms with E-state index in [0.29, 0.717) is 25.1 Å². The zero-order chi connectivity index (χ0) is 15.2. The average Bonchev–Trinajstić information content (AvgIpc) is 2.85. The first-order chi connectivity index (χ1) is 10.0. The van der Waals surface area contributed by atoms with E-state index in [1.165, 1.54) is 29.3 Å². The van der Waals surface area contributed by atoms with Gasteiger partial charge in [0.05, 0.1) is 17.0 Å². The van der Waals surface area contributed by atoms with Gasteiger partial charge in [0.2, 0.25) is 5.13 Å². The summed E-state index contributed by atoms with van der Waals surface area (Å²) in [5, 5.41) is 12.6. The van der Waals surface area contributed by atoms with Gasteiger partial charge < -0.3 is 5.73 Å². The highest BCUT2D eigenvalue weighted by Gasteiger charge is 2.06. The van der Waals surface area contributed by atoms with Crippen LogP contribution in [0.15, 0.2) is 27.6 Å². The summed E-state index contributed by atoms with van der Waals surface area (Å²) in [5.41, 5.74) is 8.49. The van der Waals surface area contributed by atoms with Crippen molar-refractivity contribution in [2.45, 2.75) is 4.34 Å². The van der Waals surface area contributed by atoms with E-state index >= 15 is 0 Å². The predicted octanol–water partition coefficient (Wildman–Crippen LogP) is 2.67. The molecule has 6 nitrogen and oxygen atoms in total. The van der Waals surface area contributed by atoms with Crippen molar-refractivity contribution in [3.63, 3.8) is 0 Å². The summed E-state index contributed by atoms with van der Waals surface area (Å²) in [6, 6.07) is 4.99. The largest absolute Gasteiger partial charge is 0.374 e. The Balaban J connectivity index is 1.81. The van der Waals surface area contributed by atoms with Crippen LogP contribution in [0.5, 0.6) is 0 Å². The molecule has 0 unspecified atom stereocenters. The molecule has 0 aliphatic rings. The number of nitrogens with zero attached hydrogens (tertiary/aromatic N) is 3. The summed E-state index contributed by atoms with van der Waals surface area (Å²) in [6.07, 6.45) is 1.45. The highest BCUT2D eigenvalue weighted by atomic mass is 35.5. The number of nitrogens with one attached hydrogen (secondary N) is 1. The van der Waals surface area contributed by atoms with Crippen LogP contribution in [-0.2, 0) is 4.79 Å². The van der Waals surface area contributed by atoms with Crippen molar-refractivity contribution < 1.29 is 4.79 Å². The Bertz CT molecular complexity index is 676. The average molecular weight is 362 g/mol. The Kier molecular flexibility index (Phi) is 5.80. The fourth-order valence-electron chi connectivity index (χ4n) is 1.22. The van der Waals surface area contributed by atoms with Crippen LogP contribution in [0.2, 0.25) is 10.0 Å². The molecule has 2 aromatic rings. The molecular weight excluding hydrogens is 353 g/mol. The van der Waals surface area contributed by atoms with Crippen LogP contribution < -0.4 is 11.2 Å². The van der Waals surface area contributed by atoms with Gasteiger partial charge in [-0.3, -0.25) is 4.79 Å². The molecule has 3 N–H and O–H groups in total. The molecule has 0 bridgehead atoms. The van der Waals surface area contributed by atoms with Gasteiger partial charge in [0.1, 0.15) is 0 Å². The smallest absolute Gasteiger partial charge is 0.250 e. The van der Waals surface area contributed by atoms with E-state index in [4.69, 9.17) is 28.9 Å². The maximum atomic E-state index is 11.6. The molecule has 0 saturated heterocycles. The molecule has 21 heavy (non-hydrogen) atoms. The lowest BCUT2D eigenvalue weighted by atomic mass is 10.2. The fourth-order valence-corrected chi connectivity index (χ4v) is 3.10. The Morgan fingerprint density at radius 2 is 2.29 bits per heavy atom. The van der Waals surface area contributed by atoms with Crippen molar-refractivity contribution >= 4 is 63.6 Å². The van der Waals surface area contributed by atoms with Gasteiger partial charge in [0.25, 0.3) is 5.91 Å². The minimum atomic E-state index is -0.268. The lowest BCUT2D eigenvalue weighted by Crippen LogP contribution is -2.19. The van der Waals surface area contributed by atoms with Gasteiger partial charge in [0.15, 0.2) is 4.34 Å². The Labute approximate surface area is 138 Å². The van der Waals surface area contributed by atoms with Crippen LogP contribution in [0.4, 0.5) is 5.13 Å². The van der Waals surface area contributed by atoms with E-state index in [1.54, 1.807) is 18.2 Å². The zero-order valence-corrected chi connectivity index (χ0v) is 13.6. The monoisotopic (exact) mass is 361 g/mol. The number of hydrazone groups is 1. The lowest BCUT2D eigenvalue weighted by Gasteiger charge is -1.99. The van der Waals surface area contributed by atoms with Crippen LogP contribution in [0.1, 0.15) is 5.56 Å². The maximum Gasteiger partial charge on any atom is 0.250 e. The number of carbonyl (C=O) groups excluding carboxylic acids is 1. The number of hydrogen-bond donors (Lipinski definition) is 2. The molecule has 0 radical (unpaired) electrons. The molecule has 10 heteroatoms. The van der Waals surface area contributed by atoms with Gasteiger partial charge in [-0.25, -0.2) is 5.43 Å². The van der Waals surface area contributed by atoms with Crippen molar-refractivity contribution in [1.29, 1.82) is 0 Å². The fraction of sp³-hybridized carbons (Fsp3) is 0.0909. The van der Waals surface area contributed by atoms with E-state index in [-0.39, 0.29) is 11.7 Å². The van der Waals surface area contributed by atoms with Crippen molar-refractivity contribution in [2.75, 3.05) is 11.5 Å². The number of anilines is 1. The third-order valence-electron chi connectivity index (χ3n) is 2.10. The van der Waals surface area contributed by atoms with Gasteiger partial charge in [-0.1, -0.05) is 52.4 Å². The number of hydrogen-bond acceptors (Lipinski definition) is 7. The summed E-state index contributed by atoms with van der Waals surface area (Å²) >= 11 is 14.2. The maximum absolute atomic E-state index is 11.6. The highest BCUT2D eigenvalue weighted by Crippen LogP contribution is 2.23. The summed E-state index contributed by atoms with van der Waals surface area (Å²) in [6.45, 7) is 0. The number of carbonyl (C=O) groups is 1. The van der Waals surface area contributed by atoms with Gasteiger partial charge in [-0.2, -0.15) is 5.10 Å². The third kappa shape index (κ3) is 5.16. The minimum absolute atomic E-state index is 0.167. The second kappa shape index (κ2) is 7.60. The SMILES string of the molecule is Nc1nnc(SCC(=O)NN=Cc2ccc(Cl)cc2Cl)s1. The number of thioether (sulfide) groups is 1. The molecule has 0 atom stereocenters. The summed E-state index contributed by atoms with van der Waals surface area (Å²) in [7, 11) is 0. The quantitative estimate of drug-likeness (QED) is 0.485. The van der Waals surface area contributed by atoms with E-state index < -0.39 is 0 Å². The first kappa shape index (κ1) is 16.0. The van der Waals surface area contributed by atoms with E-state index in [9.17, 15) is 4.79 Å². The standard InChI is InChI=1S/C11H9Cl2N5OS2/c12-7-2-1-6(8(13)3-7)4-15-16-9(19)5-20-11-18-17-10(14)21-11/h1-4H,5H2,(H2,14,17)(H,16,19). The van der Waals surface area contributed by atoms with Crippen molar-refractivity contribution in [1.82, 2.24) is 15.6 Å². The molecule has 0 fully saturated rings. The molecule has 2 rings (SSSR count). The Morgan fingerprint density at radius 3 is 2.95 bits per heavy atom. The number of nitrogen functional groups attached to an aromatic ring is 1. The number of benzene rings is 1. The molecular formula is C11H9Cl2N5OS2. The topological polar surface area (TPSA) is 93.3 Å². The second-order valence-corrected chi connectivity index (χ2v) is 6.73. The molecule has 1 amide bonds. The third-order valence-corrected chi connectivity index (χ3v) is 4.55. The van der Waals surface area contributed by atoms with Crippen LogP contribution in [-0.4, -0.2) is 28.1 Å². The van der Waals surface area contributed by atoms with Gasteiger partial charge >= 0.3 is 0 Å². The number of halogens is 2. The molecule has 1 aromatic heterocycles. The molecule has 0 aliphatic heterocycles. The number of aromatic nitrogens is 2. The predicted molar refractivity (Wildman–Crippen MR) is 87.2 cm³/mol. The molecule has 0 spiro atoms. The van der Waals surface area contributed by atoms with E-state index in [1.807, 2.05) is 0 Å². The van der Waals surface area contributed by atoms with Crippen molar-refractivity contribution in [3.8, 4) is 0 Å². The first-order valence-electron chi connectivity index (χ1n) is 5.53. The Hall–Kier alpha value is -1.35. The number of rotatable bonds is 5. The van der Waals surface area contributed by atoms with Crippen molar-refractivity contribution in [2.24, 2.45) is 5.10 Å². The molecule has 110 valence electrons. The van der Waals surface area contributed by atoms with Gasteiger partial charge in [0, 0.05) is 10.6 Å². The summed E-state index contributed by atoms with van der Waals surface area (Å²) < 4.78 is 0.632. The minimum Gasteiger partial charge on any atom is -0.374 e. The van der Waals surface area contributed by atoms with Crippen LogP contribution in [0, 0.1) is 0 Å². The van der Waals surface area contributed by atoms with Crippen LogP contribution in [0.3, 0.4) is 0 Å². The molecule has 0 aliphatic carbocycles. The Morgan fingerprint density at radius 1 is 1.48 bits per heavy atom. The van der Waals surface area contributed by atoms with E-state index in [0.717, 1.165) is 0 Å². The zero-order valence-electron chi connectivity index (χ0n) is 10.4. The lowest BCUT2D eigenvalue weighted by molar-refractivity contribution is -0.118.